The third-order valence-electron chi connectivity index (χ3n) is 2.06. The summed E-state index contributed by atoms with van der Waals surface area (Å²) in [6.45, 7) is 0. The van der Waals surface area contributed by atoms with Gasteiger partial charge in [-0.1, -0.05) is 23.7 Å². The summed E-state index contributed by atoms with van der Waals surface area (Å²) in [7, 11) is 0. The average Bonchev–Trinajstić information content (AvgIpc) is 2.58. The van der Waals surface area contributed by atoms with Crippen LogP contribution in [0.1, 0.15) is 15.8 Å². The van der Waals surface area contributed by atoms with E-state index < -0.39 is 0 Å². The summed E-state index contributed by atoms with van der Waals surface area (Å²) in [4.78, 5) is 1.06. The first kappa shape index (κ1) is 13.1. The topological polar surface area (TPSA) is 0 Å². The van der Waals surface area contributed by atoms with Crippen molar-refractivity contribution in [2.24, 2.45) is 0 Å². The fourth-order valence-corrected chi connectivity index (χ4v) is 3.96. The molecule has 0 fully saturated rings. The third kappa shape index (κ3) is 2.93. The summed E-state index contributed by atoms with van der Waals surface area (Å²) in [6, 6.07) is 10.1. The van der Waals surface area contributed by atoms with Crippen molar-refractivity contribution in [1.29, 1.82) is 0 Å². The van der Waals surface area contributed by atoms with E-state index in [4.69, 9.17) is 23.2 Å². The number of hydrogen-bond acceptors (Lipinski definition) is 1. The zero-order valence-electron chi connectivity index (χ0n) is 7.88. The highest BCUT2D eigenvalue weighted by Crippen LogP contribution is 2.40. The van der Waals surface area contributed by atoms with Crippen LogP contribution in [0, 0.1) is 3.57 Å². The molecule has 0 aliphatic carbocycles. The molecule has 0 nitrogen and oxygen atoms in total. The van der Waals surface area contributed by atoms with Gasteiger partial charge in [0.2, 0.25) is 0 Å². The molecule has 1 unspecified atom stereocenters. The summed E-state index contributed by atoms with van der Waals surface area (Å²) in [5.74, 6) is 0. The Kier molecular flexibility index (Phi) is 4.58. The second-order valence-electron chi connectivity index (χ2n) is 3.19. The molecule has 16 heavy (non-hydrogen) atoms. The minimum Gasteiger partial charge on any atom is -0.125 e. The van der Waals surface area contributed by atoms with Crippen LogP contribution in [0.2, 0.25) is 4.34 Å². The zero-order valence-corrected chi connectivity index (χ0v) is 14.0. The minimum atomic E-state index is -0.136. The lowest BCUT2D eigenvalue weighted by atomic mass is 10.1. The van der Waals surface area contributed by atoms with Crippen molar-refractivity contribution in [3.8, 4) is 0 Å². The molecule has 0 radical (unpaired) electrons. The van der Waals surface area contributed by atoms with Crippen molar-refractivity contribution in [3.05, 3.63) is 53.2 Å². The maximum atomic E-state index is 6.42. The highest BCUT2D eigenvalue weighted by molar-refractivity contribution is 14.1. The first-order valence-electron chi connectivity index (χ1n) is 4.42. The molecule has 2 aromatic rings. The Bertz CT molecular complexity index is 493. The molecule has 1 aromatic heterocycles. The van der Waals surface area contributed by atoms with Crippen LogP contribution in [-0.2, 0) is 0 Å². The summed E-state index contributed by atoms with van der Waals surface area (Å²) >= 11 is 19.6. The van der Waals surface area contributed by atoms with E-state index in [1.165, 1.54) is 14.9 Å². The molecule has 2 rings (SSSR count). The second-order valence-corrected chi connectivity index (χ2v) is 7.41. The number of alkyl halides is 1. The summed E-state index contributed by atoms with van der Waals surface area (Å²) in [5.41, 5.74) is 1.10. The van der Waals surface area contributed by atoms with Gasteiger partial charge in [-0.25, -0.2) is 0 Å². The number of hydrogen-bond donors (Lipinski definition) is 0. The molecule has 0 aliphatic rings. The molecular formula is C11H6BrCl2IS. The SMILES string of the molecule is Clc1sc(C(Cl)c2cccc(I)c2)cc1Br. The molecule has 0 N–H and O–H groups in total. The predicted molar refractivity (Wildman–Crippen MR) is 83.9 cm³/mol. The van der Waals surface area contributed by atoms with Crippen molar-refractivity contribution in [2.45, 2.75) is 5.38 Å². The number of rotatable bonds is 2. The monoisotopic (exact) mass is 446 g/mol. The lowest BCUT2D eigenvalue weighted by molar-refractivity contribution is 1.18. The van der Waals surface area contributed by atoms with Gasteiger partial charge in [0.1, 0.15) is 4.34 Å². The van der Waals surface area contributed by atoms with Gasteiger partial charge in [0.25, 0.3) is 0 Å². The lowest BCUT2D eigenvalue weighted by Gasteiger charge is -2.07. The van der Waals surface area contributed by atoms with E-state index in [1.54, 1.807) is 0 Å². The average molecular weight is 448 g/mol. The van der Waals surface area contributed by atoms with E-state index in [2.05, 4.69) is 44.6 Å². The van der Waals surface area contributed by atoms with Gasteiger partial charge < -0.3 is 0 Å². The molecule has 0 saturated heterocycles. The molecule has 1 atom stereocenters. The largest absolute Gasteiger partial charge is 0.125 e. The van der Waals surface area contributed by atoms with Crippen LogP contribution in [0.15, 0.2) is 34.8 Å². The first-order chi connectivity index (χ1) is 7.58. The van der Waals surface area contributed by atoms with Crippen LogP contribution in [0.5, 0.6) is 0 Å². The van der Waals surface area contributed by atoms with Crippen LogP contribution in [0.3, 0.4) is 0 Å². The van der Waals surface area contributed by atoms with Gasteiger partial charge in [-0.3, -0.25) is 0 Å². The molecule has 5 heteroatoms. The summed E-state index contributed by atoms with van der Waals surface area (Å²) in [5, 5.41) is -0.136. The molecule has 0 spiro atoms. The zero-order chi connectivity index (χ0) is 11.7. The van der Waals surface area contributed by atoms with Crippen LogP contribution in [-0.4, -0.2) is 0 Å². The fourth-order valence-electron chi connectivity index (χ4n) is 1.32. The van der Waals surface area contributed by atoms with Gasteiger partial charge in [0, 0.05) is 12.9 Å². The van der Waals surface area contributed by atoms with E-state index in [-0.39, 0.29) is 5.38 Å². The smallest absolute Gasteiger partial charge is 0.107 e. The first-order valence-corrected chi connectivity index (χ1v) is 7.92. The molecule has 84 valence electrons. The van der Waals surface area contributed by atoms with Crippen LogP contribution in [0.25, 0.3) is 0 Å². The minimum absolute atomic E-state index is 0.136. The van der Waals surface area contributed by atoms with E-state index in [1.807, 2.05) is 24.3 Å². The van der Waals surface area contributed by atoms with Gasteiger partial charge in [-0.15, -0.1) is 22.9 Å². The molecule has 0 amide bonds. The highest BCUT2D eigenvalue weighted by atomic mass is 127. The lowest BCUT2D eigenvalue weighted by Crippen LogP contribution is -1.90. The van der Waals surface area contributed by atoms with Crippen LogP contribution in [0.4, 0.5) is 0 Å². The number of thiophene rings is 1. The molecule has 1 heterocycles. The molecule has 0 bridgehead atoms. The Labute approximate surface area is 130 Å². The molecular weight excluding hydrogens is 442 g/mol. The molecule has 0 saturated carbocycles. The van der Waals surface area contributed by atoms with E-state index >= 15 is 0 Å². The van der Waals surface area contributed by atoms with Gasteiger partial charge in [-0.05, 0) is 62.3 Å². The van der Waals surface area contributed by atoms with Crippen LogP contribution < -0.4 is 0 Å². The Morgan fingerprint density at radius 2 is 2.06 bits per heavy atom. The van der Waals surface area contributed by atoms with Crippen LogP contribution >= 0.6 is 73.1 Å². The number of halogens is 4. The van der Waals surface area contributed by atoms with Crippen molar-refractivity contribution < 1.29 is 0 Å². The van der Waals surface area contributed by atoms with Crippen molar-refractivity contribution in [1.82, 2.24) is 0 Å². The predicted octanol–water partition coefficient (Wildman–Crippen LogP) is 6.10. The Morgan fingerprint density at radius 3 is 2.62 bits per heavy atom. The second kappa shape index (κ2) is 5.57. The van der Waals surface area contributed by atoms with Gasteiger partial charge in [0.15, 0.2) is 0 Å². The maximum Gasteiger partial charge on any atom is 0.107 e. The van der Waals surface area contributed by atoms with Gasteiger partial charge in [0.05, 0.1) is 5.38 Å². The number of benzene rings is 1. The van der Waals surface area contributed by atoms with Crippen molar-refractivity contribution in [3.63, 3.8) is 0 Å². The third-order valence-corrected chi connectivity index (χ3v) is 5.88. The Morgan fingerprint density at radius 1 is 1.31 bits per heavy atom. The fraction of sp³-hybridized carbons (Fsp3) is 0.0909. The Balaban J connectivity index is 2.35. The normalized spacial score (nSPS) is 12.8. The molecule has 1 aromatic carbocycles. The standard InChI is InChI=1S/C11H6BrCl2IS/c12-8-5-9(16-11(8)14)10(13)6-2-1-3-7(15)4-6/h1-5,10H. The van der Waals surface area contributed by atoms with Crippen molar-refractivity contribution in [2.75, 3.05) is 0 Å². The summed E-state index contributed by atoms with van der Waals surface area (Å²) < 4.78 is 2.83. The summed E-state index contributed by atoms with van der Waals surface area (Å²) in [6.07, 6.45) is 0. The van der Waals surface area contributed by atoms with Gasteiger partial charge >= 0.3 is 0 Å². The quantitative estimate of drug-likeness (QED) is 0.385. The van der Waals surface area contributed by atoms with E-state index in [9.17, 15) is 0 Å². The highest BCUT2D eigenvalue weighted by Gasteiger charge is 2.15. The molecule has 0 aliphatic heterocycles. The Hall–Kier alpha value is 0.710. The van der Waals surface area contributed by atoms with Gasteiger partial charge in [-0.2, -0.15) is 0 Å². The maximum absolute atomic E-state index is 6.42. The van der Waals surface area contributed by atoms with E-state index in [0.29, 0.717) is 0 Å². The van der Waals surface area contributed by atoms with Crippen molar-refractivity contribution >= 4 is 73.1 Å². The van der Waals surface area contributed by atoms with E-state index in [0.717, 1.165) is 19.2 Å².